The van der Waals surface area contributed by atoms with E-state index < -0.39 is 17.7 Å². The SMILES string of the molecule is CCOc1ccc(C2C(C(=O)c3sc(C)nc3C)=C(O)C(=O)N2CCN(C)C)cc1OC. The first kappa shape index (κ1) is 23.7. The van der Waals surface area contributed by atoms with E-state index in [-0.39, 0.29) is 11.4 Å². The molecular formula is C23H29N3O5S. The van der Waals surface area contributed by atoms with Crippen LogP contribution in [0.5, 0.6) is 11.5 Å². The summed E-state index contributed by atoms with van der Waals surface area (Å²) in [5, 5.41) is 11.6. The normalized spacial score (nSPS) is 16.3. The molecule has 1 aliphatic rings. The van der Waals surface area contributed by atoms with Gasteiger partial charge in [0.05, 0.1) is 40.9 Å². The number of likely N-dealkylation sites (N-methyl/N-ethyl adjacent to an activating group) is 1. The Hall–Kier alpha value is -2.91. The zero-order valence-corrected chi connectivity index (χ0v) is 20.1. The molecule has 1 amide bonds. The van der Waals surface area contributed by atoms with Crippen molar-refractivity contribution in [1.82, 2.24) is 14.8 Å². The number of thiazole rings is 1. The molecule has 1 unspecified atom stereocenters. The molecule has 8 nitrogen and oxygen atoms in total. The fourth-order valence-electron chi connectivity index (χ4n) is 3.76. The monoisotopic (exact) mass is 459 g/mol. The number of hydrogen-bond acceptors (Lipinski definition) is 8. The number of Topliss-reactive ketones (excluding diaryl/α,β-unsaturated/α-hetero) is 1. The van der Waals surface area contributed by atoms with Crippen LogP contribution in [0.15, 0.2) is 29.5 Å². The molecule has 0 fully saturated rings. The van der Waals surface area contributed by atoms with E-state index in [1.165, 1.54) is 23.3 Å². The highest BCUT2D eigenvalue weighted by Gasteiger charge is 2.44. The summed E-state index contributed by atoms with van der Waals surface area (Å²) in [6, 6.07) is 4.56. The quantitative estimate of drug-likeness (QED) is 0.575. The standard InChI is InChI=1S/C23H29N3O5S/c1-7-31-16-9-8-15(12-17(16)30-6)19-18(20(27)22-13(2)24-14(3)32-22)21(28)23(29)26(19)11-10-25(4)5/h8-9,12,19,28H,7,10-11H2,1-6H3. The van der Waals surface area contributed by atoms with Gasteiger partial charge in [-0.15, -0.1) is 11.3 Å². The molecule has 2 aromatic rings. The Morgan fingerprint density at radius 2 is 2.00 bits per heavy atom. The van der Waals surface area contributed by atoms with E-state index in [1.807, 2.05) is 32.8 Å². The molecular weight excluding hydrogens is 430 g/mol. The van der Waals surface area contributed by atoms with Gasteiger partial charge in [-0.3, -0.25) is 9.59 Å². The number of nitrogens with zero attached hydrogens (tertiary/aromatic N) is 3. The van der Waals surface area contributed by atoms with E-state index in [9.17, 15) is 14.7 Å². The lowest BCUT2D eigenvalue weighted by molar-refractivity contribution is -0.129. The third-order valence-electron chi connectivity index (χ3n) is 5.25. The second kappa shape index (κ2) is 9.70. The summed E-state index contributed by atoms with van der Waals surface area (Å²) < 4.78 is 11.1. The summed E-state index contributed by atoms with van der Waals surface area (Å²) in [7, 11) is 5.34. The Morgan fingerprint density at radius 1 is 1.28 bits per heavy atom. The fraction of sp³-hybridized carbons (Fsp3) is 0.435. The van der Waals surface area contributed by atoms with Crippen molar-refractivity contribution >= 4 is 23.0 Å². The van der Waals surface area contributed by atoms with Crippen molar-refractivity contribution in [2.45, 2.75) is 26.8 Å². The van der Waals surface area contributed by atoms with Gasteiger partial charge in [-0.05, 0) is 52.6 Å². The van der Waals surface area contributed by atoms with E-state index in [4.69, 9.17) is 9.47 Å². The first-order valence-electron chi connectivity index (χ1n) is 10.4. The molecule has 0 spiro atoms. The molecule has 9 heteroatoms. The van der Waals surface area contributed by atoms with Crippen molar-refractivity contribution in [3.05, 3.63) is 50.7 Å². The lowest BCUT2D eigenvalue weighted by Gasteiger charge is -2.28. The summed E-state index contributed by atoms with van der Waals surface area (Å²) in [6.45, 7) is 6.84. The van der Waals surface area contributed by atoms with E-state index in [2.05, 4.69) is 4.98 Å². The zero-order chi connectivity index (χ0) is 23.6. The minimum Gasteiger partial charge on any atom is -0.503 e. The molecule has 3 rings (SSSR count). The lowest BCUT2D eigenvalue weighted by Crippen LogP contribution is -2.36. The highest BCUT2D eigenvalue weighted by Crippen LogP contribution is 2.42. The van der Waals surface area contributed by atoms with Gasteiger partial charge in [0.1, 0.15) is 0 Å². The van der Waals surface area contributed by atoms with Crippen LogP contribution in [0.3, 0.4) is 0 Å². The van der Waals surface area contributed by atoms with Crippen molar-refractivity contribution in [3.63, 3.8) is 0 Å². The summed E-state index contributed by atoms with van der Waals surface area (Å²) in [5.41, 5.74) is 1.30. The van der Waals surface area contributed by atoms with Gasteiger partial charge < -0.3 is 24.4 Å². The van der Waals surface area contributed by atoms with Crippen LogP contribution in [-0.4, -0.2) is 72.5 Å². The summed E-state index contributed by atoms with van der Waals surface area (Å²) in [5.74, 6) is -0.404. The van der Waals surface area contributed by atoms with Gasteiger partial charge in [0.15, 0.2) is 17.3 Å². The number of aliphatic hydroxyl groups excluding tert-OH is 1. The highest BCUT2D eigenvalue weighted by molar-refractivity contribution is 7.14. The van der Waals surface area contributed by atoms with Crippen LogP contribution in [0.2, 0.25) is 0 Å². The number of aryl methyl sites for hydroxylation is 2. The largest absolute Gasteiger partial charge is 0.503 e. The number of amides is 1. The molecule has 0 aliphatic carbocycles. The van der Waals surface area contributed by atoms with Crippen LogP contribution in [0.25, 0.3) is 0 Å². The first-order valence-corrected chi connectivity index (χ1v) is 11.2. The number of carbonyl (C=O) groups excluding carboxylic acids is 2. The molecule has 0 radical (unpaired) electrons. The zero-order valence-electron chi connectivity index (χ0n) is 19.3. The predicted octanol–water partition coefficient (Wildman–Crippen LogP) is 3.31. The maximum Gasteiger partial charge on any atom is 0.290 e. The van der Waals surface area contributed by atoms with E-state index >= 15 is 0 Å². The van der Waals surface area contributed by atoms with Crippen molar-refractivity contribution in [2.75, 3.05) is 40.9 Å². The average molecular weight is 460 g/mol. The maximum atomic E-state index is 13.5. The van der Waals surface area contributed by atoms with Crippen LogP contribution < -0.4 is 9.47 Å². The van der Waals surface area contributed by atoms with Crippen molar-refractivity contribution in [3.8, 4) is 11.5 Å². The van der Waals surface area contributed by atoms with Crippen molar-refractivity contribution < 1.29 is 24.2 Å². The van der Waals surface area contributed by atoms with Crippen LogP contribution in [0.4, 0.5) is 0 Å². The van der Waals surface area contributed by atoms with Gasteiger partial charge in [0.2, 0.25) is 5.78 Å². The molecule has 0 bridgehead atoms. The Bertz CT molecular complexity index is 1060. The Morgan fingerprint density at radius 3 is 2.56 bits per heavy atom. The number of ketones is 1. The van der Waals surface area contributed by atoms with Crippen molar-refractivity contribution in [1.29, 1.82) is 0 Å². The molecule has 1 aliphatic heterocycles. The smallest absolute Gasteiger partial charge is 0.290 e. The number of benzene rings is 1. The van der Waals surface area contributed by atoms with Gasteiger partial charge in [-0.25, -0.2) is 4.98 Å². The second-order valence-corrected chi connectivity index (χ2v) is 8.99. The highest BCUT2D eigenvalue weighted by atomic mass is 32.1. The average Bonchev–Trinajstić information content (AvgIpc) is 3.22. The predicted molar refractivity (Wildman–Crippen MR) is 123 cm³/mol. The van der Waals surface area contributed by atoms with Crippen LogP contribution in [-0.2, 0) is 4.79 Å². The minimum absolute atomic E-state index is 0.0618. The molecule has 1 N–H and O–H groups in total. The van der Waals surface area contributed by atoms with Gasteiger partial charge in [0, 0.05) is 13.1 Å². The fourth-order valence-corrected chi connectivity index (χ4v) is 4.64. The van der Waals surface area contributed by atoms with Gasteiger partial charge in [-0.2, -0.15) is 0 Å². The lowest BCUT2D eigenvalue weighted by atomic mass is 9.94. The van der Waals surface area contributed by atoms with Gasteiger partial charge >= 0.3 is 0 Å². The number of carbonyl (C=O) groups is 2. The number of ether oxygens (including phenoxy) is 2. The van der Waals surface area contributed by atoms with E-state index in [0.29, 0.717) is 47.3 Å². The van der Waals surface area contributed by atoms with Gasteiger partial charge in [0.25, 0.3) is 5.91 Å². The molecule has 32 heavy (non-hydrogen) atoms. The molecule has 0 saturated heterocycles. The van der Waals surface area contributed by atoms with Crippen LogP contribution in [0, 0.1) is 13.8 Å². The third kappa shape index (κ3) is 4.49. The molecule has 2 heterocycles. The number of aliphatic hydroxyl groups is 1. The number of rotatable bonds is 9. The molecule has 1 atom stereocenters. The topological polar surface area (TPSA) is 92.2 Å². The Labute approximate surface area is 192 Å². The second-order valence-electron chi connectivity index (χ2n) is 7.79. The third-order valence-corrected chi connectivity index (χ3v) is 6.32. The van der Waals surface area contributed by atoms with E-state index in [1.54, 1.807) is 25.1 Å². The molecule has 1 aromatic heterocycles. The Kier molecular flexibility index (Phi) is 7.20. The first-order chi connectivity index (χ1) is 15.2. The Balaban J connectivity index is 2.12. The number of methoxy groups -OCH3 is 1. The van der Waals surface area contributed by atoms with Crippen molar-refractivity contribution in [2.24, 2.45) is 0 Å². The summed E-state index contributed by atoms with van der Waals surface area (Å²) in [4.78, 5) is 34.8. The van der Waals surface area contributed by atoms with Gasteiger partial charge in [-0.1, -0.05) is 6.07 Å². The molecule has 1 aromatic carbocycles. The number of hydrogen-bond donors (Lipinski definition) is 1. The molecule has 0 saturated carbocycles. The summed E-state index contributed by atoms with van der Waals surface area (Å²) >= 11 is 1.26. The van der Waals surface area contributed by atoms with E-state index in [0.717, 1.165) is 5.01 Å². The summed E-state index contributed by atoms with van der Waals surface area (Å²) in [6.07, 6.45) is 0. The molecule has 172 valence electrons. The number of aromatic nitrogens is 1. The van der Waals surface area contributed by atoms with Crippen LogP contribution in [0.1, 0.15) is 38.9 Å². The maximum absolute atomic E-state index is 13.5. The minimum atomic E-state index is -0.749. The van der Waals surface area contributed by atoms with Crippen LogP contribution >= 0.6 is 11.3 Å².